The molecule has 1 aromatic rings. The van der Waals surface area contributed by atoms with Crippen LogP contribution in [0.3, 0.4) is 0 Å². The summed E-state index contributed by atoms with van der Waals surface area (Å²) in [5, 5.41) is 13.4. The van der Waals surface area contributed by atoms with Gasteiger partial charge in [0.25, 0.3) is 0 Å². The van der Waals surface area contributed by atoms with Gasteiger partial charge in [-0.25, -0.2) is 10.2 Å². The predicted molar refractivity (Wildman–Crippen MR) is 75.0 cm³/mol. The molecule has 0 aromatic heterocycles. The molecule has 0 aliphatic rings. The molecule has 18 heavy (non-hydrogen) atoms. The number of hydrazone groups is 1. The van der Waals surface area contributed by atoms with E-state index >= 15 is 0 Å². The zero-order chi connectivity index (χ0) is 13.7. The van der Waals surface area contributed by atoms with Gasteiger partial charge in [0.1, 0.15) is 0 Å². The van der Waals surface area contributed by atoms with Gasteiger partial charge in [-0.05, 0) is 44.8 Å². The van der Waals surface area contributed by atoms with Crippen molar-refractivity contribution in [2.45, 2.75) is 6.92 Å². The van der Waals surface area contributed by atoms with E-state index in [-0.39, 0.29) is 5.75 Å². The Labute approximate surface area is 120 Å². The van der Waals surface area contributed by atoms with Crippen LogP contribution in [-0.2, 0) is 0 Å². The molecular weight excluding hydrogens is 370 g/mol. The number of hydrogen-bond donors (Lipinski definition) is 3. The number of nitrogens with zero attached hydrogens (tertiary/aromatic N) is 1. The third-order valence-corrected chi connectivity index (χ3v) is 4.01. The Kier molecular flexibility index (Phi) is 5.42. The second-order valence-electron chi connectivity index (χ2n) is 3.11. The molecular formula is C10H11Br2N3O3. The molecule has 8 heteroatoms. The fourth-order valence-corrected chi connectivity index (χ4v) is 1.97. The number of primary amides is 1. The molecule has 0 bridgehead atoms. The summed E-state index contributed by atoms with van der Waals surface area (Å²) in [7, 11) is 0. The van der Waals surface area contributed by atoms with Crippen molar-refractivity contribution in [2.24, 2.45) is 10.8 Å². The second-order valence-corrected chi connectivity index (χ2v) is 4.69. The molecule has 0 atom stereocenters. The molecule has 4 N–H and O–H groups in total. The minimum atomic E-state index is -0.759. The maximum absolute atomic E-state index is 10.5. The largest absolute Gasteiger partial charge is 0.503 e. The number of urea groups is 1. The summed E-state index contributed by atoms with van der Waals surface area (Å²) in [5.41, 5.74) is 7.56. The minimum Gasteiger partial charge on any atom is -0.503 e. The first-order chi connectivity index (χ1) is 8.47. The minimum absolute atomic E-state index is 0.0104. The fourth-order valence-electron chi connectivity index (χ4n) is 1.14. The quantitative estimate of drug-likeness (QED) is 0.552. The average molecular weight is 381 g/mol. The van der Waals surface area contributed by atoms with Crippen LogP contribution >= 0.6 is 31.9 Å². The lowest BCUT2D eigenvalue weighted by molar-refractivity contribution is 0.249. The van der Waals surface area contributed by atoms with Crippen LogP contribution in [0.25, 0.3) is 0 Å². The molecule has 0 aliphatic carbocycles. The third-order valence-electron chi connectivity index (χ3n) is 1.85. The van der Waals surface area contributed by atoms with Crippen molar-refractivity contribution >= 4 is 44.1 Å². The Bertz CT molecular complexity index is 492. The fraction of sp³-hybridized carbons (Fsp3) is 0.200. The van der Waals surface area contributed by atoms with Gasteiger partial charge in [0.05, 0.1) is 17.3 Å². The number of ether oxygens (including phenoxy) is 1. The topological polar surface area (TPSA) is 96.9 Å². The first-order valence-corrected chi connectivity index (χ1v) is 6.48. The van der Waals surface area contributed by atoms with E-state index in [0.717, 1.165) is 0 Å². The summed E-state index contributed by atoms with van der Waals surface area (Å²) >= 11 is 6.51. The van der Waals surface area contributed by atoms with Gasteiger partial charge in [-0.1, -0.05) is 0 Å². The summed E-state index contributed by atoms with van der Waals surface area (Å²) < 4.78 is 6.29. The summed E-state index contributed by atoms with van der Waals surface area (Å²) in [6, 6.07) is 0.824. The summed E-state index contributed by atoms with van der Waals surface area (Å²) in [6.07, 6.45) is 1.38. The lowest BCUT2D eigenvalue weighted by Gasteiger charge is -2.10. The number of hydrogen-bond acceptors (Lipinski definition) is 4. The number of amides is 2. The van der Waals surface area contributed by atoms with Crippen LogP contribution in [0.1, 0.15) is 12.5 Å². The molecule has 0 aliphatic heterocycles. The van der Waals surface area contributed by atoms with Crippen LogP contribution < -0.4 is 15.9 Å². The van der Waals surface area contributed by atoms with E-state index < -0.39 is 6.03 Å². The monoisotopic (exact) mass is 379 g/mol. The van der Waals surface area contributed by atoms with Crippen LogP contribution in [0, 0.1) is 0 Å². The number of nitrogens with two attached hydrogens (primary N) is 1. The number of rotatable bonds is 4. The molecule has 0 radical (unpaired) electrons. The zero-order valence-corrected chi connectivity index (χ0v) is 12.6. The van der Waals surface area contributed by atoms with Crippen molar-refractivity contribution in [3.05, 3.63) is 20.6 Å². The Balaban J connectivity index is 3.11. The number of phenols is 1. The van der Waals surface area contributed by atoms with E-state index in [9.17, 15) is 9.90 Å². The van der Waals surface area contributed by atoms with E-state index in [4.69, 9.17) is 10.5 Å². The summed E-state index contributed by atoms with van der Waals surface area (Å²) in [5.74, 6) is 0.303. The highest BCUT2D eigenvalue weighted by Gasteiger charge is 2.14. The highest BCUT2D eigenvalue weighted by atomic mass is 79.9. The first kappa shape index (κ1) is 14.8. The van der Waals surface area contributed by atoms with Gasteiger partial charge < -0.3 is 15.6 Å². The van der Waals surface area contributed by atoms with Crippen LogP contribution in [0.15, 0.2) is 20.1 Å². The lowest BCUT2D eigenvalue weighted by atomic mass is 10.2. The van der Waals surface area contributed by atoms with E-state index in [1.807, 2.05) is 0 Å². The Hall–Kier alpha value is -1.28. The summed E-state index contributed by atoms with van der Waals surface area (Å²) in [6.45, 7) is 2.22. The van der Waals surface area contributed by atoms with Crippen LogP contribution in [-0.4, -0.2) is 24.0 Å². The Morgan fingerprint density at radius 2 is 2.28 bits per heavy atom. The highest BCUT2D eigenvalue weighted by molar-refractivity contribution is 9.13. The number of carbonyl (C=O) groups excluding carboxylic acids is 1. The van der Waals surface area contributed by atoms with E-state index in [1.54, 1.807) is 13.0 Å². The normalized spacial score (nSPS) is 10.6. The molecule has 0 saturated carbocycles. The Morgan fingerprint density at radius 3 is 2.83 bits per heavy atom. The number of phenolic OH excluding ortho intramolecular Hbond substituents is 1. The van der Waals surface area contributed by atoms with Gasteiger partial charge in [-0.15, -0.1) is 0 Å². The number of halogens is 2. The predicted octanol–water partition coefficient (Wildman–Crippen LogP) is 2.32. The molecule has 0 fully saturated rings. The lowest BCUT2D eigenvalue weighted by Crippen LogP contribution is -2.24. The summed E-state index contributed by atoms with van der Waals surface area (Å²) in [4.78, 5) is 10.5. The van der Waals surface area contributed by atoms with E-state index in [1.165, 1.54) is 6.21 Å². The van der Waals surface area contributed by atoms with Gasteiger partial charge in [-0.2, -0.15) is 5.10 Å². The molecule has 1 rings (SSSR count). The number of aromatic hydroxyl groups is 1. The van der Waals surface area contributed by atoms with Gasteiger partial charge in [0.15, 0.2) is 11.5 Å². The smallest absolute Gasteiger partial charge is 0.332 e. The maximum atomic E-state index is 10.5. The molecule has 98 valence electrons. The molecule has 0 unspecified atom stereocenters. The van der Waals surface area contributed by atoms with Crippen LogP contribution in [0.4, 0.5) is 4.79 Å². The van der Waals surface area contributed by atoms with Gasteiger partial charge in [0, 0.05) is 10.0 Å². The van der Waals surface area contributed by atoms with Gasteiger partial charge in [-0.3, -0.25) is 0 Å². The zero-order valence-electron chi connectivity index (χ0n) is 9.41. The number of benzene rings is 1. The van der Waals surface area contributed by atoms with Crippen LogP contribution in [0.5, 0.6) is 11.5 Å². The van der Waals surface area contributed by atoms with Crippen molar-refractivity contribution in [1.82, 2.24) is 5.43 Å². The molecule has 0 heterocycles. The van der Waals surface area contributed by atoms with Crippen molar-refractivity contribution < 1.29 is 14.6 Å². The number of carbonyl (C=O) groups is 1. The van der Waals surface area contributed by atoms with Crippen molar-refractivity contribution in [1.29, 1.82) is 0 Å². The second kappa shape index (κ2) is 6.60. The van der Waals surface area contributed by atoms with Gasteiger partial charge in [0.2, 0.25) is 0 Å². The van der Waals surface area contributed by atoms with Crippen molar-refractivity contribution in [2.75, 3.05) is 6.61 Å². The maximum Gasteiger partial charge on any atom is 0.332 e. The van der Waals surface area contributed by atoms with E-state index in [2.05, 4.69) is 42.4 Å². The number of nitrogens with one attached hydrogen (secondary N) is 1. The van der Waals surface area contributed by atoms with Crippen molar-refractivity contribution in [3.63, 3.8) is 0 Å². The molecule has 0 spiro atoms. The Morgan fingerprint density at radius 1 is 1.61 bits per heavy atom. The molecule has 6 nitrogen and oxygen atoms in total. The third kappa shape index (κ3) is 3.61. The van der Waals surface area contributed by atoms with E-state index in [0.29, 0.717) is 26.9 Å². The molecule has 0 saturated heterocycles. The molecule has 1 aromatic carbocycles. The van der Waals surface area contributed by atoms with Crippen molar-refractivity contribution in [3.8, 4) is 11.5 Å². The average Bonchev–Trinajstić information content (AvgIpc) is 2.32. The van der Waals surface area contributed by atoms with Gasteiger partial charge >= 0.3 is 6.03 Å². The highest BCUT2D eigenvalue weighted by Crippen LogP contribution is 2.41. The first-order valence-electron chi connectivity index (χ1n) is 4.89. The SMILES string of the molecule is CCOc1cc(C=NNC(N)=O)c(Br)c(Br)c1O. The standard InChI is InChI=1S/C10H11Br2N3O3/c1-2-18-6-3-5(4-14-15-10(13)17)7(11)8(12)9(6)16/h3-4,16H,2H2,1H3,(H3,13,15,17). The van der Waals surface area contributed by atoms with Crippen LogP contribution in [0.2, 0.25) is 0 Å². The molecule has 2 amide bonds.